The first kappa shape index (κ1) is 14.5. The lowest BCUT2D eigenvalue weighted by molar-refractivity contribution is 0.233. The third-order valence-electron chi connectivity index (χ3n) is 3.77. The van der Waals surface area contributed by atoms with Gasteiger partial charge in [0.1, 0.15) is 10.8 Å². The summed E-state index contributed by atoms with van der Waals surface area (Å²) in [6.45, 7) is 7.49. The van der Waals surface area contributed by atoms with Crippen LogP contribution in [0, 0.1) is 6.92 Å². The number of aryl methyl sites for hydroxylation is 1. The number of methoxy groups -OCH3 is 1. The molecule has 4 nitrogen and oxygen atoms in total. The lowest BCUT2D eigenvalue weighted by Crippen LogP contribution is -2.42. The second kappa shape index (κ2) is 6.56. The Kier molecular flexibility index (Phi) is 4.53. The number of ether oxygens (including phenoxy) is 1. The highest BCUT2D eigenvalue weighted by atomic mass is 32.1. The summed E-state index contributed by atoms with van der Waals surface area (Å²) in [5.74, 6) is 0.882. The third-order valence-corrected chi connectivity index (χ3v) is 4.73. The van der Waals surface area contributed by atoms with Gasteiger partial charge in [-0.2, -0.15) is 0 Å². The van der Waals surface area contributed by atoms with Crippen molar-refractivity contribution in [3.8, 4) is 17.0 Å². The summed E-state index contributed by atoms with van der Waals surface area (Å²) in [5.41, 5.74) is 2.27. The highest BCUT2D eigenvalue weighted by molar-refractivity contribution is 7.12. The van der Waals surface area contributed by atoms with Crippen LogP contribution in [0.3, 0.4) is 0 Å². The van der Waals surface area contributed by atoms with Crippen molar-refractivity contribution < 1.29 is 4.74 Å². The largest absolute Gasteiger partial charge is 0.497 e. The highest BCUT2D eigenvalue weighted by Gasteiger charge is 2.15. The summed E-state index contributed by atoms with van der Waals surface area (Å²) in [6.07, 6.45) is 0. The molecule has 2 aromatic rings. The van der Waals surface area contributed by atoms with Gasteiger partial charge in [-0.3, -0.25) is 4.90 Å². The van der Waals surface area contributed by atoms with Crippen LogP contribution in [0.5, 0.6) is 5.75 Å². The number of rotatable bonds is 4. The quantitative estimate of drug-likeness (QED) is 0.942. The Morgan fingerprint density at radius 2 is 1.95 bits per heavy atom. The number of piperazine rings is 1. The van der Waals surface area contributed by atoms with Gasteiger partial charge in [0.2, 0.25) is 0 Å². The van der Waals surface area contributed by atoms with Crippen LogP contribution in [0.4, 0.5) is 0 Å². The van der Waals surface area contributed by atoms with Gasteiger partial charge >= 0.3 is 0 Å². The van der Waals surface area contributed by atoms with E-state index >= 15 is 0 Å². The van der Waals surface area contributed by atoms with Crippen molar-refractivity contribution >= 4 is 11.3 Å². The fraction of sp³-hybridized carbons (Fsp3) is 0.438. The van der Waals surface area contributed by atoms with E-state index in [1.807, 2.05) is 23.5 Å². The van der Waals surface area contributed by atoms with Crippen molar-refractivity contribution in [2.45, 2.75) is 13.5 Å². The smallest absolute Gasteiger partial charge is 0.118 e. The van der Waals surface area contributed by atoms with E-state index in [4.69, 9.17) is 9.72 Å². The molecule has 21 heavy (non-hydrogen) atoms. The molecule has 1 saturated heterocycles. The summed E-state index contributed by atoms with van der Waals surface area (Å²) in [5, 5.41) is 4.59. The van der Waals surface area contributed by atoms with Crippen molar-refractivity contribution in [3.05, 3.63) is 34.2 Å². The zero-order chi connectivity index (χ0) is 14.7. The van der Waals surface area contributed by atoms with Gasteiger partial charge in [-0.05, 0) is 31.2 Å². The standard InChI is InChI=1S/C16H21N3OS/c1-12-16(13-3-5-14(20-2)6-4-13)18-15(21-12)11-19-9-7-17-8-10-19/h3-6,17H,7-11H2,1-2H3. The first-order valence-corrected chi connectivity index (χ1v) is 8.12. The Bertz CT molecular complexity index is 588. The zero-order valence-corrected chi connectivity index (χ0v) is 13.4. The second-order valence-corrected chi connectivity index (χ2v) is 6.55. The van der Waals surface area contributed by atoms with Crippen LogP contribution in [-0.4, -0.2) is 43.2 Å². The SMILES string of the molecule is COc1ccc(-c2nc(CN3CCNCC3)sc2C)cc1. The number of nitrogens with zero attached hydrogens (tertiary/aromatic N) is 2. The number of benzene rings is 1. The molecule has 0 bridgehead atoms. The molecule has 0 atom stereocenters. The van der Waals surface area contributed by atoms with Crippen LogP contribution < -0.4 is 10.1 Å². The minimum Gasteiger partial charge on any atom is -0.497 e. The predicted octanol–water partition coefficient (Wildman–Crippen LogP) is 2.53. The average Bonchev–Trinajstić information content (AvgIpc) is 2.89. The molecule has 0 radical (unpaired) electrons. The summed E-state index contributed by atoms with van der Waals surface area (Å²) in [4.78, 5) is 8.59. The number of hydrogen-bond acceptors (Lipinski definition) is 5. The predicted molar refractivity (Wildman–Crippen MR) is 87.0 cm³/mol. The molecule has 5 heteroatoms. The normalized spacial score (nSPS) is 16.1. The summed E-state index contributed by atoms with van der Waals surface area (Å²) in [7, 11) is 1.69. The Labute approximate surface area is 129 Å². The van der Waals surface area contributed by atoms with Gasteiger partial charge in [0.15, 0.2) is 0 Å². The van der Waals surface area contributed by atoms with Gasteiger partial charge < -0.3 is 10.1 Å². The molecule has 1 aliphatic rings. The van der Waals surface area contributed by atoms with E-state index in [0.717, 1.165) is 49.7 Å². The van der Waals surface area contributed by atoms with Gasteiger partial charge in [0.25, 0.3) is 0 Å². The number of hydrogen-bond donors (Lipinski definition) is 1. The second-order valence-electron chi connectivity index (χ2n) is 5.27. The lowest BCUT2D eigenvalue weighted by Gasteiger charge is -2.26. The Balaban J connectivity index is 1.76. The van der Waals surface area contributed by atoms with Gasteiger partial charge in [-0.25, -0.2) is 4.98 Å². The van der Waals surface area contributed by atoms with Crippen LogP contribution in [0.2, 0.25) is 0 Å². The van der Waals surface area contributed by atoms with E-state index in [-0.39, 0.29) is 0 Å². The molecule has 112 valence electrons. The van der Waals surface area contributed by atoms with Gasteiger partial charge in [0, 0.05) is 36.6 Å². The fourth-order valence-electron chi connectivity index (χ4n) is 2.60. The van der Waals surface area contributed by atoms with E-state index in [1.165, 1.54) is 9.88 Å². The molecule has 0 aliphatic carbocycles. The highest BCUT2D eigenvalue weighted by Crippen LogP contribution is 2.29. The minimum absolute atomic E-state index is 0.882. The van der Waals surface area contributed by atoms with Gasteiger partial charge in [-0.15, -0.1) is 11.3 Å². The first-order chi connectivity index (χ1) is 10.3. The maximum absolute atomic E-state index is 5.21. The monoisotopic (exact) mass is 303 g/mol. The first-order valence-electron chi connectivity index (χ1n) is 7.30. The molecule has 0 unspecified atom stereocenters. The van der Waals surface area contributed by atoms with Crippen molar-refractivity contribution in [2.24, 2.45) is 0 Å². The van der Waals surface area contributed by atoms with E-state index < -0.39 is 0 Å². The van der Waals surface area contributed by atoms with Crippen molar-refractivity contribution in [1.82, 2.24) is 15.2 Å². The van der Waals surface area contributed by atoms with E-state index in [2.05, 4.69) is 29.3 Å². The van der Waals surface area contributed by atoms with Crippen LogP contribution in [-0.2, 0) is 6.54 Å². The van der Waals surface area contributed by atoms with Crippen LogP contribution in [0.1, 0.15) is 9.88 Å². The molecule has 1 aliphatic heterocycles. The molecule has 1 aromatic carbocycles. The van der Waals surface area contributed by atoms with Crippen LogP contribution in [0.25, 0.3) is 11.3 Å². The summed E-state index contributed by atoms with van der Waals surface area (Å²) < 4.78 is 5.21. The lowest BCUT2D eigenvalue weighted by atomic mass is 10.1. The molecule has 1 aromatic heterocycles. The van der Waals surface area contributed by atoms with E-state index in [1.54, 1.807) is 7.11 Å². The van der Waals surface area contributed by atoms with Gasteiger partial charge in [-0.1, -0.05) is 0 Å². The number of thiazole rings is 1. The molecule has 0 spiro atoms. The maximum Gasteiger partial charge on any atom is 0.118 e. The van der Waals surface area contributed by atoms with Gasteiger partial charge in [0.05, 0.1) is 19.3 Å². The van der Waals surface area contributed by atoms with Crippen molar-refractivity contribution in [1.29, 1.82) is 0 Å². The fourth-order valence-corrected chi connectivity index (χ4v) is 3.59. The Morgan fingerprint density at radius 3 is 2.62 bits per heavy atom. The molecule has 1 N–H and O–H groups in total. The molecule has 3 rings (SSSR count). The topological polar surface area (TPSA) is 37.4 Å². The van der Waals surface area contributed by atoms with E-state index in [0.29, 0.717) is 0 Å². The molecule has 0 saturated carbocycles. The average molecular weight is 303 g/mol. The minimum atomic E-state index is 0.882. The molecular formula is C16H21N3OS. The third kappa shape index (κ3) is 3.43. The maximum atomic E-state index is 5.21. The zero-order valence-electron chi connectivity index (χ0n) is 12.6. The summed E-state index contributed by atoms with van der Waals surface area (Å²) in [6, 6.07) is 8.14. The summed E-state index contributed by atoms with van der Waals surface area (Å²) >= 11 is 1.81. The number of nitrogens with one attached hydrogen (secondary N) is 1. The Morgan fingerprint density at radius 1 is 1.24 bits per heavy atom. The van der Waals surface area contributed by atoms with Crippen molar-refractivity contribution in [3.63, 3.8) is 0 Å². The molecule has 0 amide bonds. The number of aromatic nitrogens is 1. The molecular weight excluding hydrogens is 282 g/mol. The van der Waals surface area contributed by atoms with Crippen LogP contribution in [0.15, 0.2) is 24.3 Å². The van der Waals surface area contributed by atoms with Crippen LogP contribution >= 0.6 is 11.3 Å². The molecule has 2 heterocycles. The Hall–Kier alpha value is -1.43. The van der Waals surface area contributed by atoms with Crippen molar-refractivity contribution in [2.75, 3.05) is 33.3 Å². The van der Waals surface area contributed by atoms with E-state index in [9.17, 15) is 0 Å². The molecule has 1 fully saturated rings.